The minimum absolute atomic E-state index is 0.0238. The van der Waals surface area contributed by atoms with Crippen LogP contribution in [0, 0.1) is 0 Å². The highest BCUT2D eigenvalue weighted by atomic mass is 32.2. The molecule has 3 nitrogen and oxygen atoms in total. The average Bonchev–Trinajstić information content (AvgIpc) is 2.26. The van der Waals surface area contributed by atoms with Gasteiger partial charge in [-0.15, -0.1) is 0 Å². The molecule has 1 aliphatic heterocycles. The second-order valence-electron chi connectivity index (χ2n) is 4.71. The molecule has 0 aliphatic carbocycles. The first-order valence-electron chi connectivity index (χ1n) is 5.65. The molecule has 1 aromatic rings. The van der Waals surface area contributed by atoms with Crippen LogP contribution in [0.3, 0.4) is 0 Å². The maximum absolute atomic E-state index is 12.3. The van der Waals surface area contributed by atoms with Crippen molar-refractivity contribution < 1.29 is 23.0 Å². The van der Waals surface area contributed by atoms with Crippen molar-refractivity contribution in [3.8, 4) is 5.75 Å². The SMILES string of the molecule is CC1Oc2ccc(SC(F)(F)F)cc2C(N)C1(C)O. The van der Waals surface area contributed by atoms with Crippen LogP contribution in [0.2, 0.25) is 0 Å². The molecule has 0 saturated carbocycles. The highest BCUT2D eigenvalue weighted by molar-refractivity contribution is 8.00. The van der Waals surface area contributed by atoms with Gasteiger partial charge in [-0.2, -0.15) is 13.2 Å². The number of fused-ring (bicyclic) bond motifs is 1. The number of hydrogen-bond acceptors (Lipinski definition) is 4. The zero-order chi connectivity index (χ0) is 14.4. The molecule has 19 heavy (non-hydrogen) atoms. The molecule has 1 heterocycles. The van der Waals surface area contributed by atoms with Crippen molar-refractivity contribution in [1.29, 1.82) is 0 Å². The summed E-state index contributed by atoms with van der Waals surface area (Å²) in [4.78, 5) is 0.0238. The third-order valence-electron chi connectivity index (χ3n) is 3.31. The van der Waals surface area contributed by atoms with Crippen LogP contribution >= 0.6 is 11.8 Å². The molecule has 2 rings (SSSR count). The van der Waals surface area contributed by atoms with E-state index in [1.54, 1.807) is 6.92 Å². The average molecular weight is 293 g/mol. The van der Waals surface area contributed by atoms with E-state index in [1.807, 2.05) is 0 Å². The lowest BCUT2D eigenvalue weighted by atomic mass is 9.84. The molecule has 0 fully saturated rings. The third kappa shape index (κ3) is 2.82. The second kappa shape index (κ2) is 4.57. The van der Waals surface area contributed by atoms with E-state index >= 15 is 0 Å². The van der Waals surface area contributed by atoms with Gasteiger partial charge in [0.2, 0.25) is 0 Å². The smallest absolute Gasteiger partial charge is 0.446 e. The van der Waals surface area contributed by atoms with Gasteiger partial charge >= 0.3 is 5.51 Å². The summed E-state index contributed by atoms with van der Waals surface area (Å²) in [5, 5.41) is 10.2. The van der Waals surface area contributed by atoms with Gasteiger partial charge in [-0.05, 0) is 43.8 Å². The lowest BCUT2D eigenvalue weighted by molar-refractivity contribution is -0.0723. The van der Waals surface area contributed by atoms with Crippen LogP contribution < -0.4 is 10.5 Å². The summed E-state index contributed by atoms with van der Waals surface area (Å²) in [6.45, 7) is 3.18. The molecule has 0 spiro atoms. The molecule has 3 N–H and O–H groups in total. The van der Waals surface area contributed by atoms with E-state index in [0.29, 0.717) is 11.3 Å². The Hall–Kier alpha value is -0.920. The van der Waals surface area contributed by atoms with Crippen LogP contribution in [0.4, 0.5) is 13.2 Å². The van der Waals surface area contributed by atoms with Gasteiger partial charge in [-0.25, -0.2) is 0 Å². The first-order chi connectivity index (χ1) is 8.61. The van der Waals surface area contributed by atoms with E-state index < -0.39 is 23.3 Å². The molecule has 106 valence electrons. The van der Waals surface area contributed by atoms with Gasteiger partial charge < -0.3 is 15.6 Å². The van der Waals surface area contributed by atoms with Crippen LogP contribution in [0.1, 0.15) is 25.5 Å². The van der Waals surface area contributed by atoms with Crippen molar-refractivity contribution in [1.82, 2.24) is 0 Å². The van der Waals surface area contributed by atoms with Gasteiger partial charge in [0.15, 0.2) is 0 Å². The summed E-state index contributed by atoms with van der Waals surface area (Å²) in [7, 11) is 0. The van der Waals surface area contributed by atoms with Gasteiger partial charge in [0, 0.05) is 10.5 Å². The van der Waals surface area contributed by atoms with E-state index in [4.69, 9.17) is 10.5 Å². The van der Waals surface area contributed by atoms with E-state index in [2.05, 4.69) is 0 Å². The maximum Gasteiger partial charge on any atom is 0.446 e. The lowest BCUT2D eigenvalue weighted by Gasteiger charge is -2.41. The van der Waals surface area contributed by atoms with Gasteiger partial charge in [0.25, 0.3) is 0 Å². The number of aliphatic hydroxyl groups is 1. The minimum atomic E-state index is -4.36. The fraction of sp³-hybridized carbons (Fsp3) is 0.500. The molecular formula is C12H14F3NO2S. The summed E-state index contributed by atoms with van der Waals surface area (Å²) in [6, 6.07) is 3.31. The third-order valence-corrected chi connectivity index (χ3v) is 4.03. The van der Waals surface area contributed by atoms with Gasteiger partial charge in [-0.3, -0.25) is 0 Å². The van der Waals surface area contributed by atoms with E-state index in [0.717, 1.165) is 0 Å². The zero-order valence-electron chi connectivity index (χ0n) is 10.4. The molecule has 0 bridgehead atoms. The summed E-state index contributed by atoms with van der Waals surface area (Å²) >= 11 is -0.216. The van der Waals surface area contributed by atoms with Crippen LogP contribution in [0.25, 0.3) is 0 Å². The van der Waals surface area contributed by atoms with E-state index in [-0.39, 0.29) is 16.7 Å². The first kappa shape index (κ1) is 14.5. The summed E-state index contributed by atoms with van der Waals surface area (Å²) in [6.07, 6.45) is -0.531. The Bertz CT molecular complexity index is 490. The van der Waals surface area contributed by atoms with E-state index in [1.165, 1.54) is 25.1 Å². The maximum atomic E-state index is 12.3. The van der Waals surface area contributed by atoms with Crippen molar-refractivity contribution in [2.45, 2.75) is 42.0 Å². The Balaban J connectivity index is 2.38. The van der Waals surface area contributed by atoms with Crippen molar-refractivity contribution in [2.75, 3.05) is 0 Å². The van der Waals surface area contributed by atoms with Crippen LogP contribution in [0.5, 0.6) is 5.75 Å². The lowest BCUT2D eigenvalue weighted by Crippen LogP contribution is -2.52. The first-order valence-corrected chi connectivity index (χ1v) is 6.47. The van der Waals surface area contributed by atoms with Gasteiger partial charge in [0.05, 0.1) is 6.04 Å². The number of halogens is 3. The van der Waals surface area contributed by atoms with Crippen LogP contribution in [0.15, 0.2) is 23.1 Å². The normalized spacial score (nSPS) is 30.7. The van der Waals surface area contributed by atoms with Crippen molar-refractivity contribution in [2.24, 2.45) is 5.73 Å². The predicted octanol–water partition coefficient (Wildman–Crippen LogP) is 2.83. The Morgan fingerprint density at radius 2 is 2.05 bits per heavy atom. The Labute approximate surface area is 112 Å². The number of thioether (sulfide) groups is 1. The van der Waals surface area contributed by atoms with Crippen LogP contribution in [-0.2, 0) is 0 Å². The fourth-order valence-corrected chi connectivity index (χ4v) is 2.54. The Morgan fingerprint density at radius 3 is 2.63 bits per heavy atom. The quantitative estimate of drug-likeness (QED) is 0.782. The molecule has 0 aromatic heterocycles. The number of ether oxygens (including phenoxy) is 1. The molecule has 1 aromatic carbocycles. The number of benzene rings is 1. The fourth-order valence-electron chi connectivity index (χ4n) is 1.95. The van der Waals surface area contributed by atoms with E-state index in [9.17, 15) is 18.3 Å². The monoisotopic (exact) mass is 293 g/mol. The molecule has 7 heteroatoms. The molecule has 3 unspecified atom stereocenters. The Kier molecular flexibility index (Phi) is 3.49. The summed E-state index contributed by atoms with van der Waals surface area (Å²) in [5.74, 6) is 0.415. The second-order valence-corrected chi connectivity index (χ2v) is 5.85. The van der Waals surface area contributed by atoms with Crippen molar-refractivity contribution >= 4 is 11.8 Å². The number of alkyl halides is 3. The standard InChI is InChI=1S/C12H14F3NO2S/c1-6-11(2,17)10(16)8-5-7(19-12(13,14)15)3-4-9(8)18-6/h3-6,10,17H,16H2,1-2H3. The summed E-state index contributed by atoms with van der Waals surface area (Å²) < 4.78 is 42.5. The zero-order valence-corrected chi connectivity index (χ0v) is 11.2. The van der Waals surface area contributed by atoms with Gasteiger partial charge in [0.1, 0.15) is 17.5 Å². The highest BCUT2D eigenvalue weighted by Crippen LogP contribution is 2.43. The topological polar surface area (TPSA) is 55.5 Å². The molecule has 0 saturated heterocycles. The predicted molar refractivity (Wildman–Crippen MR) is 66.0 cm³/mol. The largest absolute Gasteiger partial charge is 0.487 e. The molecule has 3 atom stereocenters. The number of hydrogen-bond donors (Lipinski definition) is 2. The summed E-state index contributed by atoms with van der Waals surface area (Å²) in [5.41, 5.74) is 0.631. The van der Waals surface area contributed by atoms with Crippen LogP contribution in [-0.4, -0.2) is 22.3 Å². The minimum Gasteiger partial charge on any atom is -0.487 e. The molecule has 0 amide bonds. The number of nitrogens with two attached hydrogens (primary N) is 1. The van der Waals surface area contributed by atoms with Crippen molar-refractivity contribution in [3.63, 3.8) is 0 Å². The molecular weight excluding hydrogens is 279 g/mol. The van der Waals surface area contributed by atoms with Crippen molar-refractivity contribution in [3.05, 3.63) is 23.8 Å². The number of rotatable bonds is 1. The Morgan fingerprint density at radius 1 is 1.42 bits per heavy atom. The molecule has 0 radical (unpaired) electrons. The van der Waals surface area contributed by atoms with Gasteiger partial charge in [-0.1, -0.05) is 0 Å². The highest BCUT2D eigenvalue weighted by Gasteiger charge is 2.43. The molecule has 1 aliphatic rings.